The Kier molecular flexibility index (Phi) is 20.7. The molecule has 408 valence electrons. The highest BCUT2D eigenvalue weighted by molar-refractivity contribution is 6.00. The number of hydrazine groups is 2. The first kappa shape index (κ1) is 57.9. The number of hydrogen-bond acceptors (Lipinski definition) is 14. The van der Waals surface area contributed by atoms with Crippen molar-refractivity contribution >= 4 is 70.0 Å². The average molecular weight is 1040 g/mol. The Morgan fingerprint density at radius 1 is 0.787 bits per heavy atom. The van der Waals surface area contributed by atoms with Gasteiger partial charge in [0.25, 0.3) is 0 Å². The van der Waals surface area contributed by atoms with Crippen LogP contribution in [-0.4, -0.2) is 129 Å². The molecule has 1 aromatic carbocycles. The van der Waals surface area contributed by atoms with Crippen LogP contribution in [0.15, 0.2) is 71.3 Å². The maximum Gasteiger partial charge on any atom is 0.246 e. The van der Waals surface area contributed by atoms with Crippen LogP contribution in [-0.2, 0) is 49.6 Å². The van der Waals surface area contributed by atoms with Gasteiger partial charge in [-0.25, -0.2) is 0 Å². The summed E-state index contributed by atoms with van der Waals surface area (Å²) in [7, 11) is 0. The van der Waals surface area contributed by atoms with Gasteiger partial charge in [-0.05, 0) is 48.8 Å². The van der Waals surface area contributed by atoms with E-state index in [-0.39, 0.29) is 38.3 Å². The van der Waals surface area contributed by atoms with Crippen LogP contribution in [0.1, 0.15) is 84.6 Å². The van der Waals surface area contributed by atoms with Crippen molar-refractivity contribution in [2.75, 3.05) is 13.1 Å². The van der Waals surface area contributed by atoms with Gasteiger partial charge in [0.05, 0.1) is 24.6 Å². The molecule has 1 aromatic heterocycles. The quantitative estimate of drug-likeness (QED) is 0.0231. The van der Waals surface area contributed by atoms with Crippen molar-refractivity contribution in [1.29, 1.82) is 0 Å². The third-order valence-corrected chi connectivity index (χ3v) is 13.7. The smallest absolute Gasteiger partial charge is 0.246 e. The van der Waals surface area contributed by atoms with Crippen LogP contribution in [0.2, 0.25) is 0 Å². The van der Waals surface area contributed by atoms with Gasteiger partial charge in [-0.1, -0.05) is 70.9 Å². The number of likely N-dealkylation sites (tertiary alicyclic amines) is 1. The zero-order valence-electron chi connectivity index (χ0n) is 42.7. The molecule has 20 N–H and O–H groups in total. The number of benzene rings is 1. The molecule has 26 nitrogen and oxygen atoms in total. The molecule has 3 aliphatic rings. The molecular formula is C49H73N17O9. The molecule has 1 aliphatic carbocycles. The average Bonchev–Trinajstić information content (AvgIpc) is 4.22. The van der Waals surface area contributed by atoms with Crippen LogP contribution in [0.4, 0.5) is 0 Å². The van der Waals surface area contributed by atoms with E-state index < -0.39 is 126 Å². The van der Waals surface area contributed by atoms with Gasteiger partial charge in [-0.3, -0.25) is 53.2 Å². The minimum atomic E-state index is -1.76. The molecule has 5 rings (SSSR count). The molecular weight excluding hydrogens is 971 g/mol. The Bertz CT molecular complexity index is 2570. The summed E-state index contributed by atoms with van der Waals surface area (Å²) >= 11 is 0. The molecule has 1 fully saturated rings. The number of allylic oxidation sites excluding steroid dienone is 3. The second-order valence-corrected chi connectivity index (χ2v) is 19.2. The van der Waals surface area contributed by atoms with Gasteiger partial charge in [-0.15, -0.1) is 5.53 Å². The second kappa shape index (κ2) is 26.8. The summed E-state index contributed by atoms with van der Waals surface area (Å²) in [6.07, 6.45) is 9.84. The lowest BCUT2D eigenvalue weighted by Gasteiger charge is -2.33. The number of hydrogen-bond donors (Lipinski definition) is 14. The minimum absolute atomic E-state index is 0.0194. The standard InChI is InChI=1S/C49H73N17O9/c1-5-25(3)40(61-43(70)31(50)15-11-17-56-49(54)55)47(74)60-34(20-38(51)67)44(71)59-35(21-39(52)68)45(72)62-41(26(4)6-2)48(75)65-23-28(36-24-66(64-63-36)29-12-7-8-13-29)19-37(65)46(73)58-33(42(53)69)18-27-22-57-32-16-10-9-14-30(27)32/h7-10,12,14,16,22,24-26,28,31,33-35,37,40-41,57,63-64H,5-6,11,13,15,17-21,23,50H2,1-4H3,(H2,51,67)(H2,52,68)(H2,53,69)(H,58,73)(H,59,71)(H,60,74)(H,61,70)(H,62,72)(H4,54,55,56)/t25-,26-,28?,31-,33-,34-,35-,37-,40-,41-/m0/s1. The lowest BCUT2D eigenvalue weighted by molar-refractivity contribution is -0.143. The second-order valence-electron chi connectivity index (χ2n) is 19.2. The fourth-order valence-electron chi connectivity index (χ4n) is 8.95. The molecule has 3 heterocycles. The maximum atomic E-state index is 15.0. The Hall–Kier alpha value is -8.00. The van der Waals surface area contributed by atoms with E-state index in [1.165, 1.54) is 4.90 Å². The molecule has 10 atom stereocenters. The van der Waals surface area contributed by atoms with Crippen molar-refractivity contribution in [3.63, 3.8) is 0 Å². The Balaban J connectivity index is 1.37. The van der Waals surface area contributed by atoms with Gasteiger partial charge in [0.15, 0.2) is 5.96 Å². The third-order valence-electron chi connectivity index (χ3n) is 13.7. The van der Waals surface area contributed by atoms with Gasteiger partial charge in [0, 0.05) is 60.8 Å². The third kappa shape index (κ3) is 15.8. The lowest BCUT2D eigenvalue weighted by Crippen LogP contribution is -2.61. The lowest BCUT2D eigenvalue weighted by atomic mass is 9.96. The number of rotatable bonds is 28. The number of guanidine groups is 1. The molecule has 75 heavy (non-hydrogen) atoms. The van der Waals surface area contributed by atoms with Crippen LogP contribution in [0, 0.1) is 17.8 Å². The summed E-state index contributed by atoms with van der Waals surface area (Å²) in [5.74, 6) is -9.66. The molecule has 0 saturated carbocycles. The number of nitrogens with two attached hydrogens (primary N) is 6. The van der Waals surface area contributed by atoms with Crippen LogP contribution in [0.5, 0.6) is 0 Å². The topological polar surface area (TPSA) is 429 Å². The van der Waals surface area contributed by atoms with E-state index in [0.717, 1.165) is 22.2 Å². The molecule has 1 unspecified atom stereocenters. The molecule has 2 aromatic rings. The van der Waals surface area contributed by atoms with Crippen molar-refractivity contribution in [1.82, 2.24) is 52.4 Å². The van der Waals surface area contributed by atoms with E-state index in [0.29, 0.717) is 31.4 Å². The Morgan fingerprint density at radius 2 is 1.41 bits per heavy atom. The number of carbonyl (C=O) groups is 9. The summed E-state index contributed by atoms with van der Waals surface area (Å²) in [6.45, 7) is 7.08. The van der Waals surface area contributed by atoms with E-state index >= 15 is 4.79 Å². The number of fused-ring (bicyclic) bond motifs is 1. The highest BCUT2D eigenvalue weighted by atomic mass is 16.2. The number of H-pyrrole nitrogens is 1. The van der Waals surface area contributed by atoms with Gasteiger partial charge < -0.3 is 76.3 Å². The van der Waals surface area contributed by atoms with Crippen molar-refractivity contribution < 1.29 is 43.2 Å². The number of aromatic amines is 1. The molecule has 1 saturated heterocycles. The molecule has 2 aliphatic heterocycles. The van der Waals surface area contributed by atoms with Crippen LogP contribution >= 0.6 is 0 Å². The SMILES string of the molecule is CC[C@H](C)[C@H](NC(=O)[C@@H](N)CCCN=C(N)N)C(=O)N[C@@H](CC(N)=O)C(=O)N[C@@H](CC(N)=O)C(=O)N[C@H](C(=O)N1CC(C2=CN(C3=CC=CC3)NN2)C[C@H]1C(=O)N[C@@H](Cc1c[nH]c2ccccc12)C(N)=O)[C@@H](C)CC. The Morgan fingerprint density at radius 3 is 2.03 bits per heavy atom. The van der Waals surface area contributed by atoms with E-state index in [1.807, 2.05) is 48.7 Å². The van der Waals surface area contributed by atoms with Crippen LogP contribution in [0.3, 0.4) is 0 Å². The fraction of sp³-hybridized carbons (Fsp3) is 0.510. The minimum Gasteiger partial charge on any atom is -0.370 e. The predicted octanol–water partition coefficient (Wildman–Crippen LogP) is -2.93. The number of aromatic nitrogens is 1. The van der Waals surface area contributed by atoms with Crippen LogP contribution < -0.4 is 71.9 Å². The zero-order valence-corrected chi connectivity index (χ0v) is 42.7. The first-order valence-electron chi connectivity index (χ1n) is 25.0. The Labute approximate surface area is 434 Å². The summed E-state index contributed by atoms with van der Waals surface area (Å²) in [5, 5.41) is 15.5. The predicted molar refractivity (Wildman–Crippen MR) is 277 cm³/mol. The van der Waals surface area contributed by atoms with Crippen molar-refractivity contribution in [3.8, 4) is 0 Å². The van der Waals surface area contributed by atoms with Gasteiger partial charge in [0.1, 0.15) is 36.3 Å². The van der Waals surface area contributed by atoms with E-state index in [1.54, 1.807) is 38.9 Å². The van der Waals surface area contributed by atoms with Crippen molar-refractivity contribution in [2.24, 2.45) is 57.1 Å². The largest absolute Gasteiger partial charge is 0.370 e. The molecule has 26 heteroatoms. The van der Waals surface area contributed by atoms with Crippen molar-refractivity contribution in [2.45, 2.75) is 128 Å². The number of nitrogens with zero attached hydrogens (tertiary/aromatic N) is 3. The number of para-hydroxylation sites is 1. The molecule has 0 radical (unpaired) electrons. The highest BCUT2D eigenvalue weighted by Crippen LogP contribution is 2.32. The number of amides is 9. The molecule has 0 bridgehead atoms. The monoisotopic (exact) mass is 1040 g/mol. The first-order valence-corrected chi connectivity index (χ1v) is 25.0. The first-order chi connectivity index (χ1) is 35.6. The summed E-state index contributed by atoms with van der Waals surface area (Å²) in [6, 6.07) is -2.11. The zero-order chi connectivity index (χ0) is 55.1. The normalized spacial score (nSPS) is 19.2. The van der Waals surface area contributed by atoms with Crippen LogP contribution in [0.25, 0.3) is 10.9 Å². The highest BCUT2D eigenvalue weighted by Gasteiger charge is 2.46. The number of carbonyl (C=O) groups excluding carboxylic acids is 9. The summed E-state index contributed by atoms with van der Waals surface area (Å²) < 4.78 is 0. The molecule has 0 spiro atoms. The van der Waals surface area contributed by atoms with E-state index in [9.17, 15) is 38.4 Å². The van der Waals surface area contributed by atoms with Gasteiger partial charge in [-0.2, -0.15) is 0 Å². The number of aliphatic imine (C=N–C) groups is 1. The summed E-state index contributed by atoms with van der Waals surface area (Å²) in [5.41, 5.74) is 43.1. The molecule has 9 amide bonds. The maximum absolute atomic E-state index is 15.0. The fourth-order valence-corrected chi connectivity index (χ4v) is 8.95. The van der Waals surface area contributed by atoms with E-state index in [2.05, 4.69) is 47.5 Å². The number of nitrogens with one attached hydrogen (secondary N) is 8. The van der Waals surface area contributed by atoms with Gasteiger partial charge >= 0.3 is 0 Å². The number of primary amides is 3. The summed E-state index contributed by atoms with van der Waals surface area (Å²) in [4.78, 5) is 131. The van der Waals surface area contributed by atoms with Crippen molar-refractivity contribution in [3.05, 3.63) is 71.8 Å². The van der Waals surface area contributed by atoms with E-state index in [4.69, 9.17) is 34.4 Å². The van der Waals surface area contributed by atoms with Gasteiger partial charge in [0.2, 0.25) is 53.2 Å².